The fourth-order valence-corrected chi connectivity index (χ4v) is 2.52. The van der Waals surface area contributed by atoms with Crippen LogP contribution in [0.4, 0.5) is 5.69 Å². The number of nitrogens with one attached hydrogen (secondary N) is 1. The molecular formula is C18H15N7O. The molecule has 0 saturated heterocycles. The first-order valence-corrected chi connectivity index (χ1v) is 7.92. The van der Waals surface area contributed by atoms with E-state index >= 15 is 0 Å². The number of carbonyl (C=O) groups is 1. The van der Waals surface area contributed by atoms with Crippen LogP contribution >= 0.6 is 0 Å². The van der Waals surface area contributed by atoms with Gasteiger partial charge in [0.15, 0.2) is 0 Å². The zero-order chi connectivity index (χ0) is 17.9. The Bertz CT molecular complexity index is 1020. The highest BCUT2D eigenvalue weighted by molar-refractivity contribution is 6.03. The molecule has 1 aromatic carbocycles. The van der Waals surface area contributed by atoms with E-state index in [1.807, 2.05) is 30.3 Å². The van der Waals surface area contributed by atoms with E-state index in [1.165, 1.54) is 0 Å². The Balaban J connectivity index is 1.52. The van der Waals surface area contributed by atoms with Gasteiger partial charge in [0.25, 0.3) is 5.91 Å². The van der Waals surface area contributed by atoms with Crippen LogP contribution in [0.25, 0.3) is 17.2 Å². The van der Waals surface area contributed by atoms with Crippen LogP contribution in [0.15, 0.2) is 67.5 Å². The van der Waals surface area contributed by atoms with E-state index in [1.54, 1.807) is 53.5 Å². The predicted octanol–water partition coefficient (Wildman–Crippen LogP) is 2.32. The lowest BCUT2D eigenvalue weighted by molar-refractivity contribution is 0.101. The van der Waals surface area contributed by atoms with Crippen LogP contribution in [-0.4, -0.2) is 35.2 Å². The summed E-state index contributed by atoms with van der Waals surface area (Å²) < 4.78 is 3.23. The molecule has 0 fully saturated rings. The van der Waals surface area contributed by atoms with E-state index in [9.17, 15) is 4.79 Å². The first-order chi connectivity index (χ1) is 12.7. The number of hydrogen-bond acceptors (Lipinski definition) is 5. The standard InChI is InChI=1S/C18H15N7O/c1-24-16(9-15(23-24)13-5-3-2-4-6-13)17(26)22-14-10-20-18(21-11-14)25-8-7-19-12-25/h2-12H,1H3,(H,22,26). The average molecular weight is 345 g/mol. The highest BCUT2D eigenvalue weighted by Gasteiger charge is 2.15. The van der Waals surface area contributed by atoms with Gasteiger partial charge in [0, 0.05) is 25.0 Å². The fraction of sp³-hybridized carbons (Fsp3) is 0.0556. The molecule has 0 spiro atoms. The number of benzene rings is 1. The molecule has 3 heterocycles. The van der Waals surface area contributed by atoms with Crippen molar-refractivity contribution in [2.45, 2.75) is 0 Å². The number of imidazole rings is 1. The Kier molecular flexibility index (Phi) is 3.98. The van der Waals surface area contributed by atoms with Crippen molar-refractivity contribution in [3.8, 4) is 17.2 Å². The quantitative estimate of drug-likeness (QED) is 0.613. The second kappa shape index (κ2) is 6.60. The smallest absolute Gasteiger partial charge is 0.274 e. The fourth-order valence-electron chi connectivity index (χ4n) is 2.52. The Labute approximate surface area is 149 Å². The number of aryl methyl sites for hydroxylation is 1. The summed E-state index contributed by atoms with van der Waals surface area (Å²) in [5.41, 5.74) is 2.64. The van der Waals surface area contributed by atoms with Crippen LogP contribution in [0.1, 0.15) is 10.5 Å². The molecule has 26 heavy (non-hydrogen) atoms. The minimum Gasteiger partial charge on any atom is -0.318 e. The molecule has 8 heteroatoms. The minimum absolute atomic E-state index is 0.277. The van der Waals surface area contributed by atoms with E-state index in [2.05, 4.69) is 25.4 Å². The first-order valence-electron chi connectivity index (χ1n) is 7.92. The molecule has 3 aromatic heterocycles. The number of nitrogens with zero attached hydrogens (tertiary/aromatic N) is 6. The Morgan fingerprint density at radius 1 is 1.12 bits per heavy atom. The van der Waals surface area contributed by atoms with Crippen LogP contribution in [-0.2, 0) is 7.05 Å². The monoisotopic (exact) mass is 345 g/mol. The zero-order valence-electron chi connectivity index (χ0n) is 13.9. The van der Waals surface area contributed by atoms with Gasteiger partial charge in [-0.15, -0.1) is 0 Å². The molecule has 1 amide bonds. The van der Waals surface area contributed by atoms with Gasteiger partial charge in [0.1, 0.15) is 12.0 Å². The molecule has 0 unspecified atom stereocenters. The number of carbonyl (C=O) groups excluding carboxylic acids is 1. The summed E-state index contributed by atoms with van der Waals surface area (Å²) in [6, 6.07) is 11.5. The van der Waals surface area contributed by atoms with Crippen molar-refractivity contribution < 1.29 is 4.79 Å². The third kappa shape index (κ3) is 3.07. The SMILES string of the molecule is Cn1nc(-c2ccccc2)cc1C(=O)Nc1cnc(-n2ccnc2)nc1. The summed E-state index contributed by atoms with van der Waals surface area (Å²) in [7, 11) is 1.74. The van der Waals surface area contributed by atoms with Gasteiger partial charge in [0.2, 0.25) is 5.95 Å². The number of hydrogen-bond donors (Lipinski definition) is 1. The Hall–Kier alpha value is -3.81. The van der Waals surface area contributed by atoms with Crippen LogP contribution < -0.4 is 5.32 Å². The molecule has 1 N–H and O–H groups in total. The van der Waals surface area contributed by atoms with E-state index < -0.39 is 0 Å². The predicted molar refractivity (Wildman–Crippen MR) is 95.8 cm³/mol. The van der Waals surface area contributed by atoms with Gasteiger partial charge in [-0.25, -0.2) is 15.0 Å². The molecule has 0 aliphatic rings. The lowest BCUT2D eigenvalue weighted by Gasteiger charge is -2.05. The Morgan fingerprint density at radius 2 is 1.88 bits per heavy atom. The normalized spacial score (nSPS) is 10.7. The maximum atomic E-state index is 12.6. The van der Waals surface area contributed by atoms with Crippen molar-refractivity contribution in [2.75, 3.05) is 5.32 Å². The highest BCUT2D eigenvalue weighted by atomic mass is 16.2. The topological polar surface area (TPSA) is 90.5 Å². The third-order valence-corrected chi connectivity index (χ3v) is 3.81. The van der Waals surface area contributed by atoms with Crippen LogP contribution in [0.2, 0.25) is 0 Å². The summed E-state index contributed by atoms with van der Waals surface area (Å²) in [5.74, 6) is 0.202. The average Bonchev–Trinajstić information content (AvgIpc) is 3.33. The van der Waals surface area contributed by atoms with Crippen molar-refractivity contribution >= 4 is 11.6 Å². The van der Waals surface area contributed by atoms with Gasteiger partial charge >= 0.3 is 0 Å². The summed E-state index contributed by atoms with van der Waals surface area (Å²) in [4.78, 5) is 24.9. The second-order valence-corrected chi connectivity index (χ2v) is 5.60. The maximum Gasteiger partial charge on any atom is 0.274 e. The van der Waals surface area contributed by atoms with E-state index in [0.29, 0.717) is 17.3 Å². The van der Waals surface area contributed by atoms with Gasteiger partial charge in [-0.05, 0) is 6.07 Å². The molecular weight excluding hydrogens is 330 g/mol. The molecule has 0 aliphatic heterocycles. The van der Waals surface area contributed by atoms with Crippen LogP contribution in [0.5, 0.6) is 0 Å². The summed E-state index contributed by atoms with van der Waals surface area (Å²) in [6.45, 7) is 0. The number of rotatable bonds is 4. The third-order valence-electron chi connectivity index (χ3n) is 3.81. The van der Waals surface area contributed by atoms with E-state index in [-0.39, 0.29) is 5.91 Å². The number of anilines is 1. The van der Waals surface area contributed by atoms with E-state index in [4.69, 9.17) is 0 Å². The van der Waals surface area contributed by atoms with E-state index in [0.717, 1.165) is 11.3 Å². The Morgan fingerprint density at radius 3 is 2.58 bits per heavy atom. The van der Waals surface area contributed by atoms with Crippen LogP contribution in [0, 0.1) is 0 Å². The molecule has 0 atom stereocenters. The zero-order valence-corrected chi connectivity index (χ0v) is 13.9. The summed E-state index contributed by atoms with van der Waals surface area (Å²) in [6.07, 6.45) is 8.10. The lowest BCUT2D eigenvalue weighted by Crippen LogP contribution is -2.16. The molecule has 4 rings (SSSR count). The molecule has 0 bridgehead atoms. The molecule has 128 valence electrons. The second-order valence-electron chi connectivity index (χ2n) is 5.60. The maximum absolute atomic E-state index is 12.6. The van der Waals surface area contributed by atoms with Crippen LogP contribution in [0.3, 0.4) is 0 Å². The lowest BCUT2D eigenvalue weighted by atomic mass is 10.1. The van der Waals surface area contributed by atoms with Crippen molar-refractivity contribution in [3.05, 3.63) is 73.2 Å². The van der Waals surface area contributed by atoms with Crippen molar-refractivity contribution in [1.29, 1.82) is 0 Å². The largest absolute Gasteiger partial charge is 0.318 e. The van der Waals surface area contributed by atoms with Gasteiger partial charge in [-0.3, -0.25) is 14.0 Å². The van der Waals surface area contributed by atoms with Gasteiger partial charge in [-0.2, -0.15) is 5.10 Å². The van der Waals surface area contributed by atoms with Gasteiger partial charge in [0.05, 0.1) is 23.8 Å². The number of amides is 1. The summed E-state index contributed by atoms with van der Waals surface area (Å²) >= 11 is 0. The molecule has 4 aromatic rings. The number of aromatic nitrogens is 6. The van der Waals surface area contributed by atoms with Crippen molar-refractivity contribution in [1.82, 2.24) is 29.3 Å². The highest BCUT2D eigenvalue weighted by Crippen LogP contribution is 2.19. The van der Waals surface area contributed by atoms with Crippen molar-refractivity contribution in [3.63, 3.8) is 0 Å². The molecule has 0 saturated carbocycles. The molecule has 0 aliphatic carbocycles. The minimum atomic E-state index is -0.277. The van der Waals surface area contributed by atoms with Gasteiger partial charge in [-0.1, -0.05) is 30.3 Å². The summed E-state index contributed by atoms with van der Waals surface area (Å²) in [5, 5.41) is 7.19. The first kappa shape index (κ1) is 15.7. The molecule has 0 radical (unpaired) electrons. The van der Waals surface area contributed by atoms with Gasteiger partial charge < -0.3 is 5.32 Å². The van der Waals surface area contributed by atoms with Crippen molar-refractivity contribution in [2.24, 2.45) is 7.05 Å². The molecule has 8 nitrogen and oxygen atoms in total.